The third-order valence-electron chi connectivity index (χ3n) is 3.11. The fraction of sp³-hybridized carbons (Fsp3) is 0.636. The molecule has 0 aromatic carbocycles. The Balaban J connectivity index is 2.85. The molecule has 16 heavy (non-hydrogen) atoms. The number of carboxylic acids is 1. The predicted octanol–water partition coefficient (Wildman–Crippen LogP) is 1.05. The number of carbonyl (C=O) groups excluding carboxylic acids is 1. The minimum atomic E-state index is -0.855. The Morgan fingerprint density at radius 1 is 1.25 bits per heavy atom. The Bertz CT molecular complexity index is 342. The van der Waals surface area contributed by atoms with Gasteiger partial charge in [-0.2, -0.15) is 0 Å². The van der Waals surface area contributed by atoms with Crippen molar-refractivity contribution in [1.29, 1.82) is 0 Å². The topological polar surface area (TPSA) is 72.8 Å². The van der Waals surface area contributed by atoms with Crippen molar-refractivity contribution in [3.8, 4) is 0 Å². The van der Waals surface area contributed by atoms with Gasteiger partial charge in [-0.25, -0.2) is 4.79 Å². The number of allylic oxidation sites excluding steroid dienone is 1. The van der Waals surface area contributed by atoms with Crippen LogP contribution in [0.5, 0.6) is 0 Å². The predicted molar refractivity (Wildman–Crippen MR) is 55.5 cm³/mol. The van der Waals surface area contributed by atoms with Crippen LogP contribution < -0.4 is 0 Å². The van der Waals surface area contributed by atoms with Crippen molar-refractivity contribution in [2.45, 2.75) is 13.8 Å². The largest absolute Gasteiger partial charge is 0.490 e. The van der Waals surface area contributed by atoms with E-state index in [2.05, 4.69) is 4.74 Å². The van der Waals surface area contributed by atoms with Gasteiger partial charge in [0, 0.05) is 5.92 Å². The van der Waals surface area contributed by atoms with Crippen LogP contribution in [0.25, 0.3) is 0 Å². The molecule has 1 N–H and O–H groups in total. The molecule has 0 radical (unpaired) electrons. The monoisotopic (exact) mass is 228 g/mol. The number of ether oxygens (including phenoxy) is 2. The Labute approximate surface area is 94.0 Å². The lowest BCUT2D eigenvalue weighted by molar-refractivity contribution is -0.140. The first-order valence-corrected chi connectivity index (χ1v) is 4.93. The van der Waals surface area contributed by atoms with Gasteiger partial charge in [-0.1, -0.05) is 13.8 Å². The second-order valence-corrected chi connectivity index (χ2v) is 4.39. The van der Waals surface area contributed by atoms with E-state index in [1.807, 2.05) is 13.8 Å². The minimum absolute atomic E-state index is 0.0596. The van der Waals surface area contributed by atoms with E-state index in [1.54, 1.807) is 0 Å². The van der Waals surface area contributed by atoms with Crippen molar-refractivity contribution >= 4 is 11.9 Å². The van der Waals surface area contributed by atoms with Gasteiger partial charge in [-0.3, -0.25) is 4.79 Å². The number of esters is 1. The van der Waals surface area contributed by atoms with E-state index in [9.17, 15) is 9.59 Å². The van der Waals surface area contributed by atoms with Crippen molar-refractivity contribution in [1.82, 2.24) is 0 Å². The van der Waals surface area contributed by atoms with Crippen LogP contribution >= 0.6 is 0 Å². The zero-order chi connectivity index (χ0) is 12.5. The maximum absolute atomic E-state index is 11.2. The molecule has 5 heteroatoms. The molecule has 0 heterocycles. The summed E-state index contributed by atoms with van der Waals surface area (Å²) in [5.41, 5.74) is -0.344. The number of carbonyl (C=O) groups is 2. The number of carboxylic acid groups (broad SMARTS) is 1. The Morgan fingerprint density at radius 3 is 2.12 bits per heavy atom. The first kappa shape index (κ1) is 12.5. The highest BCUT2D eigenvalue weighted by Crippen LogP contribution is 2.59. The fourth-order valence-corrected chi connectivity index (χ4v) is 1.94. The van der Waals surface area contributed by atoms with Crippen LogP contribution in [0.4, 0.5) is 0 Å². The van der Waals surface area contributed by atoms with Crippen molar-refractivity contribution in [2.75, 3.05) is 14.2 Å². The molecule has 90 valence electrons. The molecule has 0 spiro atoms. The Kier molecular flexibility index (Phi) is 3.26. The Morgan fingerprint density at radius 2 is 1.81 bits per heavy atom. The summed E-state index contributed by atoms with van der Waals surface area (Å²) in [6.07, 6.45) is 1.53. The summed E-state index contributed by atoms with van der Waals surface area (Å²) in [7, 11) is 2.61. The molecule has 0 aromatic heterocycles. The molecule has 1 aliphatic rings. The lowest BCUT2D eigenvalue weighted by Crippen LogP contribution is -2.07. The maximum Gasteiger partial charge on any atom is 0.372 e. The summed E-state index contributed by atoms with van der Waals surface area (Å²) in [6.45, 7) is 3.69. The highest BCUT2D eigenvalue weighted by Gasteiger charge is 2.61. The van der Waals surface area contributed by atoms with E-state index in [1.165, 1.54) is 20.3 Å². The average molecular weight is 228 g/mol. The zero-order valence-electron chi connectivity index (χ0n) is 9.81. The van der Waals surface area contributed by atoms with Crippen molar-refractivity contribution < 1.29 is 24.2 Å². The SMILES string of the molecule is COC(=O)/C(=C/C1C(C(=O)O)C1(C)C)OC. The molecule has 0 aliphatic heterocycles. The molecule has 1 rings (SSSR count). The van der Waals surface area contributed by atoms with Crippen LogP contribution in [-0.2, 0) is 19.1 Å². The molecule has 1 aliphatic carbocycles. The molecule has 5 nitrogen and oxygen atoms in total. The summed E-state index contributed by atoms with van der Waals surface area (Å²) in [5, 5.41) is 8.95. The highest BCUT2D eigenvalue weighted by molar-refractivity contribution is 5.86. The smallest absolute Gasteiger partial charge is 0.372 e. The van der Waals surface area contributed by atoms with Gasteiger partial charge in [0.25, 0.3) is 0 Å². The normalized spacial score (nSPS) is 27.1. The summed E-state index contributed by atoms with van der Waals surface area (Å²) in [6, 6.07) is 0. The van der Waals surface area contributed by atoms with Gasteiger partial charge < -0.3 is 14.6 Å². The quantitative estimate of drug-likeness (QED) is 0.442. The van der Waals surface area contributed by atoms with Gasteiger partial charge in [-0.15, -0.1) is 0 Å². The molecule has 0 bridgehead atoms. The van der Waals surface area contributed by atoms with E-state index in [0.29, 0.717) is 0 Å². The van der Waals surface area contributed by atoms with Crippen LogP contribution in [0, 0.1) is 17.3 Å². The van der Waals surface area contributed by atoms with Gasteiger partial charge in [0.1, 0.15) is 0 Å². The first-order chi connectivity index (χ1) is 7.36. The fourth-order valence-electron chi connectivity index (χ4n) is 1.94. The molecule has 1 saturated carbocycles. The second kappa shape index (κ2) is 4.15. The number of hydrogen-bond acceptors (Lipinski definition) is 4. The van der Waals surface area contributed by atoms with Crippen LogP contribution in [0.1, 0.15) is 13.8 Å². The van der Waals surface area contributed by atoms with Crippen LogP contribution in [0.3, 0.4) is 0 Å². The van der Waals surface area contributed by atoms with E-state index in [0.717, 1.165) is 0 Å². The van der Waals surface area contributed by atoms with E-state index in [4.69, 9.17) is 9.84 Å². The van der Waals surface area contributed by atoms with Crippen molar-refractivity contribution in [2.24, 2.45) is 17.3 Å². The number of rotatable bonds is 4. The van der Waals surface area contributed by atoms with Crippen LogP contribution in [0.15, 0.2) is 11.8 Å². The molecule has 0 aromatic rings. The van der Waals surface area contributed by atoms with E-state index in [-0.39, 0.29) is 17.1 Å². The maximum atomic E-state index is 11.2. The highest BCUT2D eigenvalue weighted by atomic mass is 16.6. The number of hydrogen-bond donors (Lipinski definition) is 1. The summed E-state index contributed by atoms with van der Waals surface area (Å²) < 4.78 is 9.38. The lowest BCUT2D eigenvalue weighted by Gasteiger charge is -2.03. The molecule has 2 atom stereocenters. The van der Waals surface area contributed by atoms with Gasteiger partial charge in [-0.05, 0) is 11.5 Å². The van der Waals surface area contributed by atoms with Gasteiger partial charge in [0.2, 0.25) is 5.76 Å². The van der Waals surface area contributed by atoms with Gasteiger partial charge >= 0.3 is 11.9 Å². The summed E-state index contributed by atoms with van der Waals surface area (Å²) in [5.74, 6) is -2.05. The number of aliphatic carboxylic acids is 1. The number of methoxy groups -OCH3 is 2. The second-order valence-electron chi connectivity index (χ2n) is 4.39. The third kappa shape index (κ3) is 2.03. The zero-order valence-corrected chi connectivity index (χ0v) is 9.81. The van der Waals surface area contributed by atoms with E-state index < -0.39 is 17.9 Å². The standard InChI is InChI=1S/C11H16O5/c1-11(2)6(8(11)9(12)13)5-7(15-3)10(14)16-4/h5-6,8H,1-4H3,(H,12,13)/b7-5-. The lowest BCUT2D eigenvalue weighted by atomic mass is 10.1. The van der Waals surface area contributed by atoms with E-state index >= 15 is 0 Å². The molecule has 0 amide bonds. The van der Waals surface area contributed by atoms with Crippen LogP contribution in [-0.4, -0.2) is 31.3 Å². The molecular weight excluding hydrogens is 212 g/mol. The van der Waals surface area contributed by atoms with Gasteiger partial charge in [0.15, 0.2) is 0 Å². The molecular formula is C11H16O5. The van der Waals surface area contributed by atoms with Gasteiger partial charge in [0.05, 0.1) is 20.1 Å². The van der Waals surface area contributed by atoms with Crippen molar-refractivity contribution in [3.63, 3.8) is 0 Å². The minimum Gasteiger partial charge on any atom is -0.490 e. The Hall–Kier alpha value is -1.52. The molecule has 1 fully saturated rings. The molecule has 0 saturated heterocycles. The third-order valence-corrected chi connectivity index (χ3v) is 3.11. The first-order valence-electron chi connectivity index (χ1n) is 4.93. The van der Waals surface area contributed by atoms with Crippen molar-refractivity contribution in [3.05, 3.63) is 11.8 Å². The van der Waals surface area contributed by atoms with Crippen LogP contribution in [0.2, 0.25) is 0 Å². The average Bonchev–Trinajstić information content (AvgIpc) is 2.75. The molecule has 2 unspecified atom stereocenters. The summed E-state index contributed by atoms with van der Waals surface area (Å²) >= 11 is 0. The summed E-state index contributed by atoms with van der Waals surface area (Å²) in [4.78, 5) is 22.1.